The number of nitrogens with one attached hydrogen (secondary N) is 1. The average molecular weight is 267 g/mol. The molecule has 1 fully saturated rings. The summed E-state index contributed by atoms with van der Waals surface area (Å²) in [5.41, 5.74) is 1.48. The van der Waals surface area contributed by atoms with Gasteiger partial charge in [-0.1, -0.05) is 37.8 Å². The van der Waals surface area contributed by atoms with Gasteiger partial charge in [-0.05, 0) is 43.9 Å². The van der Waals surface area contributed by atoms with E-state index in [1.54, 1.807) is 6.20 Å². The van der Waals surface area contributed by atoms with E-state index in [0.717, 1.165) is 18.0 Å². The van der Waals surface area contributed by atoms with Crippen LogP contribution in [0, 0.1) is 0 Å². The number of aromatic nitrogens is 1. The molecule has 0 amide bonds. The van der Waals surface area contributed by atoms with Crippen LogP contribution in [0.25, 0.3) is 0 Å². The van der Waals surface area contributed by atoms with Gasteiger partial charge in [0.2, 0.25) is 0 Å². The maximum Gasteiger partial charge on any atom is 0.0621 e. The second-order valence-electron chi connectivity index (χ2n) is 5.41. The third-order valence-corrected chi connectivity index (χ3v) is 4.29. The summed E-state index contributed by atoms with van der Waals surface area (Å²) in [5.74, 6) is 0. The molecule has 1 aromatic heterocycles. The molecule has 0 saturated carbocycles. The van der Waals surface area contributed by atoms with E-state index in [4.69, 9.17) is 11.6 Å². The van der Waals surface area contributed by atoms with Crippen molar-refractivity contribution in [2.24, 2.45) is 0 Å². The molecule has 0 aromatic carbocycles. The Kier molecular flexibility index (Phi) is 5.02. The highest BCUT2D eigenvalue weighted by Crippen LogP contribution is 2.30. The van der Waals surface area contributed by atoms with Gasteiger partial charge in [0, 0.05) is 17.9 Å². The maximum atomic E-state index is 6.26. The molecular formula is C15H23ClN2. The van der Waals surface area contributed by atoms with Crippen molar-refractivity contribution >= 4 is 11.6 Å². The van der Waals surface area contributed by atoms with Gasteiger partial charge >= 0.3 is 0 Å². The van der Waals surface area contributed by atoms with Crippen molar-refractivity contribution in [1.82, 2.24) is 10.3 Å². The van der Waals surface area contributed by atoms with E-state index < -0.39 is 0 Å². The van der Waals surface area contributed by atoms with Gasteiger partial charge in [-0.3, -0.25) is 4.98 Å². The fourth-order valence-electron chi connectivity index (χ4n) is 3.05. The van der Waals surface area contributed by atoms with E-state index in [1.807, 2.05) is 6.20 Å². The van der Waals surface area contributed by atoms with Gasteiger partial charge in [-0.2, -0.15) is 0 Å². The van der Waals surface area contributed by atoms with Crippen LogP contribution < -0.4 is 5.32 Å². The maximum absolute atomic E-state index is 6.26. The number of halogens is 1. The van der Waals surface area contributed by atoms with E-state index in [2.05, 4.69) is 23.3 Å². The highest BCUT2D eigenvalue weighted by atomic mass is 35.5. The zero-order chi connectivity index (χ0) is 12.8. The highest BCUT2D eigenvalue weighted by Gasteiger charge is 2.30. The van der Waals surface area contributed by atoms with Crippen LogP contribution in [-0.4, -0.2) is 17.1 Å². The summed E-state index contributed by atoms with van der Waals surface area (Å²) in [5, 5.41) is 4.60. The van der Waals surface area contributed by atoms with Crippen molar-refractivity contribution in [3.8, 4) is 0 Å². The lowest BCUT2D eigenvalue weighted by atomic mass is 9.83. The Morgan fingerprint density at radius 1 is 1.39 bits per heavy atom. The van der Waals surface area contributed by atoms with Crippen LogP contribution in [0.15, 0.2) is 18.5 Å². The summed E-state index contributed by atoms with van der Waals surface area (Å²) in [6.45, 7) is 3.41. The first-order valence-corrected chi connectivity index (χ1v) is 7.47. The lowest BCUT2D eigenvalue weighted by Gasteiger charge is -2.34. The SMILES string of the molecule is CCCC1(Cc2ccncc2Cl)CCCCCN1. The third kappa shape index (κ3) is 3.46. The summed E-state index contributed by atoms with van der Waals surface area (Å²) in [7, 11) is 0. The minimum absolute atomic E-state index is 0.246. The number of nitrogens with zero attached hydrogens (tertiary/aromatic N) is 1. The number of pyridine rings is 1. The van der Waals surface area contributed by atoms with Crippen molar-refractivity contribution in [3.63, 3.8) is 0 Å². The van der Waals surface area contributed by atoms with E-state index in [9.17, 15) is 0 Å². The average Bonchev–Trinajstić information content (AvgIpc) is 2.59. The largest absolute Gasteiger partial charge is 0.311 e. The molecule has 1 aromatic rings. The predicted octanol–water partition coefficient (Wildman–Crippen LogP) is 3.98. The Morgan fingerprint density at radius 3 is 3.06 bits per heavy atom. The van der Waals surface area contributed by atoms with Gasteiger partial charge in [0.15, 0.2) is 0 Å². The number of hydrogen-bond acceptors (Lipinski definition) is 2. The smallest absolute Gasteiger partial charge is 0.0621 e. The fourth-order valence-corrected chi connectivity index (χ4v) is 3.24. The quantitative estimate of drug-likeness (QED) is 0.892. The van der Waals surface area contributed by atoms with E-state index in [1.165, 1.54) is 44.1 Å². The molecule has 0 spiro atoms. The molecule has 2 heterocycles. The van der Waals surface area contributed by atoms with Crippen molar-refractivity contribution in [2.75, 3.05) is 6.54 Å². The first-order valence-electron chi connectivity index (χ1n) is 7.09. The molecule has 0 radical (unpaired) electrons. The molecule has 1 aliphatic heterocycles. The van der Waals surface area contributed by atoms with Crippen molar-refractivity contribution < 1.29 is 0 Å². The summed E-state index contributed by atoms with van der Waals surface area (Å²) in [6.07, 6.45) is 12.3. The summed E-state index contributed by atoms with van der Waals surface area (Å²) in [4.78, 5) is 4.07. The Bertz CT molecular complexity index is 371. The first kappa shape index (κ1) is 13.8. The lowest BCUT2D eigenvalue weighted by Crippen LogP contribution is -2.46. The summed E-state index contributed by atoms with van der Waals surface area (Å²) >= 11 is 6.26. The molecular weight excluding hydrogens is 244 g/mol. The van der Waals surface area contributed by atoms with Crippen LogP contribution in [0.5, 0.6) is 0 Å². The van der Waals surface area contributed by atoms with Gasteiger partial charge in [-0.25, -0.2) is 0 Å². The van der Waals surface area contributed by atoms with Gasteiger partial charge in [-0.15, -0.1) is 0 Å². The van der Waals surface area contributed by atoms with Crippen LogP contribution in [0.2, 0.25) is 5.02 Å². The molecule has 18 heavy (non-hydrogen) atoms. The van der Waals surface area contributed by atoms with Crippen LogP contribution in [0.1, 0.15) is 51.0 Å². The summed E-state index contributed by atoms with van der Waals surface area (Å²) in [6, 6.07) is 2.06. The van der Waals surface area contributed by atoms with E-state index in [-0.39, 0.29) is 5.54 Å². The van der Waals surface area contributed by atoms with E-state index in [0.29, 0.717) is 0 Å². The second-order valence-corrected chi connectivity index (χ2v) is 5.82. The molecule has 1 aliphatic rings. The monoisotopic (exact) mass is 266 g/mol. The molecule has 1 saturated heterocycles. The topological polar surface area (TPSA) is 24.9 Å². The fraction of sp³-hybridized carbons (Fsp3) is 0.667. The molecule has 1 atom stereocenters. The molecule has 2 nitrogen and oxygen atoms in total. The Morgan fingerprint density at radius 2 is 2.28 bits per heavy atom. The molecule has 3 heteroatoms. The van der Waals surface area contributed by atoms with Crippen LogP contribution in [0.4, 0.5) is 0 Å². The predicted molar refractivity (Wildman–Crippen MR) is 77.1 cm³/mol. The summed E-state index contributed by atoms with van der Waals surface area (Å²) < 4.78 is 0. The standard InChI is InChI=1S/C15H23ClN2/c1-2-7-15(8-4-3-5-9-18-15)11-13-6-10-17-12-14(13)16/h6,10,12,18H,2-5,7-9,11H2,1H3. The minimum Gasteiger partial charge on any atom is -0.311 e. The molecule has 100 valence electrons. The first-order chi connectivity index (χ1) is 8.76. The van der Waals surface area contributed by atoms with Crippen molar-refractivity contribution in [2.45, 2.75) is 57.4 Å². The molecule has 1 unspecified atom stereocenters. The zero-order valence-corrected chi connectivity index (χ0v) is 12.0. The molecule has 0 bridgehead atoms. The number of hydrogen-bond donors (Lipinski definition) is 1. The normalized spacial score (nSPS) is 24.8. The van der Waals surface area contributed by atoms with Crippen molar-refractivity contribution in [1.29, 1.82) is 0 Å². The molecule has 2 rings (SSSR count). The molecule has 0 aliphatic carbocycles. The van der Waals surface area contributed by atoms with Gasteiger partial charge in [0.05, 0.1) is 5.02 Å². The van der Waals surface area contributed by atoms with Crippen molar-refractivity contribution in [3.05, 3.63) is 29.0 Å². The third-order valence-electron chi connectivity index (χ3n) is 3.95. The number of rotatable bonds is 4. The highest BCUT2D eigenvalue weighted by molar-refractivity contribution is 6.31. The van der Waals surface area contributed by atoms with Crippen LogP contribution >= 0.6 is 11.6 Å². The van der Waals surface area contributed by atoms with Gasteiger partial charge in [0.25, 0.3) is 0 Å². The Balaban J connectivity index is 2.16. The molecule has 1 N–H and O–H groups in total. The minimum atomic E-state index is 0.246. The van der Waals surface area contributed by atoms with Gasteiger partial charge in [0.1, 0.15) is 0 Å². The van der Waals surface area contributed by atoms with Crippen LogP contribution in [0.3, 0.4) is 0 Å². The van der Waals surface area contributed by atoms with Crippen LogP contribution in [-0.2, 0) is 6.42 Å². The van der Waals surface area contributed by atoms with Gasteiger partial charge < -0.3 is 5.32 Å². The lowest BCUT2D eigenvalue weighted by molar-refractivity contribution is 0.288. The Labute approximate surface area is 115 Å². The Hall–Kier alpha value is -0.600. The van der Waals surface area contributed by atoms with E-state index >= 15 is 0 Å². The second kappa shape index (κ2) is 6.53. The zero-order valence-electron chi connectivity index (χ0n) is 11.2.